The molecular formula is C23H21N3O4. The minimum Gasteiger partial charge on any atom is -0.462 e. The van der Waals surface area contributed by atoms with E-state index in [0.29, 0.717) is 24.2 Å². The van der Waals surface area contributed by atoms with Crippen LogP contribution in [0.3, 0.4) is 0 Å². The molecule has 0 unspecified atom stereocenters. The monoisotopic (exact) mass is 403 g/mol. The minimum atomic E-state index is -1.09. The van der Waals surface area contributed by atoms with Crippen molar-refractivity contribution in [1.29, 1.82) is 0 Å². The average molecular weight is 403 g/mol. The molecule has 1 N–H and O–H groups in total. The number of benzene rings is 2. The van der Waals surface area contributed by atoms with E-state index in [4.69, 9.17) is 4.74 Å². The van der Waals surface area contributed by atoms with Crippen LogP contribution in [0.1, 0.15) is 35.5 Å². The van der Waals surface area contributed by atoms with E-state index < -0.39 is 11.5 Å². The van der Waals surface area contributed by atoms with Gasteiger partial charge in [-0.15, -0.1) is 0 Å². The maximum atomic E-state index is 13.6. The Morgan fingerprint density at radius 3 is 2.60 bits per heavy atom. The maximum absolute atomic E-state index is 13.6. The Kier molecular flexibility index (Phi) is 3.96. The largest absolute Gasteiger partial charge is 0.462 e. The van der Waals surface area contributed by atoms with Gasteiger partial charge in [0.1, 0.15) is 0 Å². The van der Waals surface area contributed by atoms with E-state index in [1.54, 1.807) is 43.0 Å². The van der Waals surface area contributed by atoms with E-state index >= 15 is 0 Å². The van der Waals surface area contributed by atoms with Gasteiger partial charge in [0.05, 0.1) is 23.6 Å². The third kappa shape index (κ3) is 2.35. The highest BCUT2D eigenvalue weighted by atomic mass is 16.5. The number of imide groups is 1. The standard InChI is InChI=1S/C23H21N3O4/c1-3-30-20(27)14-8-10-15(11-9-14)26-21(28)23(2)19-17(12-13-25(23)22(26)29)16-6-4-5-7-18(16)24-19/h4-11,24H,3,12-13H2,1-2H3/t23-/m1/s1. The van der Waals surface area contributed by atoms with Crippen LogP contribution in [0.2, 0.25) is 0 Å². The molecule has 0 spiro atoms. The van der Waals surface area contributed by atoms with Crippen molar-refractivity contribution >= 4 is 34.5 Å². The first kappa shape index (κ1) is 18.4. The van der Waals surface area contributed by atoms with Crippen LogP contribution in [0.15, 0.2) is 48.5 Å². The molecule has 1 aromatic heterocycles. The highest BCUT2D eigenvalue weighted by molar-refractivity contribution is 6.23. The van der Waals surface area contributed by atoms with Gasteiger partial charge >= 0.3 is 12.0 Å². The van der Waals surface area contributed by atoms with Gasteiger partial charge in [-0.1, -0.05) is 18.2 Å². The van der Waals surface area contributed by atoms with Crippen molar-refractivity contribution < 1.29 is 19.1 Å². The number of anilines is 1. The zero-order valence-corrected chi connectivity index (χ0v) is 16.8. The number of esters is 1. The number of nitrogens with one attached hydrogen (secondary N) is 1. The molecule has 152 valence electrons. The second-order valence-corrected chi connectivity index (χ2v) is 7.69. The highest BCUT2D eigenvalue weighted by Gasteiger charge is 2.58. The second kappa shape index (κ2) is 6.45. The molecule has 5 rings (SSSR count). The lowest BCUT2D eigenvalue weighted by Gasteiger charge is -2.35. The highest BCUT2D eigenvalue weighted by Crippen LogP contribution is 2.45. The molecule has 7 heteroatoms. The van der Waals surface area contributed by atoms with Crippen molar-refractivity contribution in [3.8, 4) is 0 Å². The second-order valence-electron chi connectivity index (χ2n) is 7.69. The fraction of sp³-hybridized carbons (Fsp3) is 0.261. The molecule has 0 aliphatic carbocycles. The number of ether oxygens (including phenoxy) is 1. The summed E-state index contributed by atoms with van der Waals surface area (Å²) in [6.07, 6.45) is 0.684. The zero-order valence-electron chi connectivity index (χ0n) is 16.8. The first-order chi connectivity index (χ1) is 14.5. The Balaban J connectivity index is 1.56. The summed E-state index contributed by atoms with van der Waals surface area (Å²) in [4.78, 5) is 44.9. The summed E-state index contributed by atoms with van der Waals surface area (Å²) >= 11 is 0. The lowest BCUT2D eigenvalue weighted by Crippen LogP contribution is -2.49. The van der Waals surface area contributed by atoms with Crippen molar-refractivity contribution in [2.45, 2.75) is 25.8 Å². The molecule has 1 fully saturated rings. The number of H-pyrrole nitrogens is 1. The average Bonchev–Trinajstić information content (AvgIpc) is 3.23. The lowest BCUT2D eigenvalue weighted by molar-refractivity contribution is -0.125. The molecule has 0 radical (unpaired) electrons. The quantitative estimate of drug-likeness (QED) is 0.535. The van der Waals surface area contributed by atoms with E-state index in [9.17, 15) is 14.4 Å². The number of amides is 3. The van der Waals surface area contributed by atoms with E-state index in [1.807, 2.05) is 24.3 Å². The smallest absolute Gasteiger partial charge is 0.338 e. The molecule has 2 aliphatic heterocycles. The summed E-state index contributed by atoms with van der Waals surface area (Å²) in [5, 5.41) is 1.09. The fourth-order valence-electron chi connectivity index (χ4n) is 4.58. The number of hydrogen-bond donors (Lipinski definition) is 1. The topological polar surface area (TPSA) is 82.7 Å². The van der Waals surface area contributed by atoms with Gasteiger partial charge in [0.2, 0.25) is 0 Å². The summed E-state index contributed by atoms with van der Waals surface area (Å²) in [5.41, 5.74) is 2.55. The third-order valence-electron chi connectivity index (χ3n) is 6.10. The van der Waals surface area contributed by atoms with Gasteiger partial charge in [-0.3, -0.25) is 4.79 Å². The first-order valence-corrected chi connectivity index (χ1v) is 10.00. The Hall–Kier alpha value is -3.61. The Bertz CT molecular complexity index is 1200. The number of aromatic amines is 1. The van der Waals surface area contributed by atoms with Crippen LogP contribution >= 0.6 is 0 Å². The van der Waals surface area contributed by atoms with E-state index in [2.05, 4.69) is 4.98 Å². The summed E-state index contributed by atoms with van der Waals surface area (Å²) in [6.45, 7) is 4.29. The summed E-state index contributed by atoms with van der Waals surface area (Å²) in [5.74, 6) is -0.737. The minimum absolute atomic E-state index is 0.282. The van der Waals surface area contributed by atoms with Crippen molar-refractivity contribution in [3.05, 3.63) is 65.4 Å². The predicted octanol–water partition coefficient (Wildman–Crippen LogP) is 3.58. The Morgan fingerprint density at radius 1 is 1.13 bits per heavy atom. The van der Waals surface area contributed by atoms with Gasteiger partial charge in [-0.25, -0.2) is 14.5 Å². The molecular weight excluding hydrogens is 382 g/mol. The van der Waals surface area contributed by atoms with Crippen molar-refractivity contribution in [2.24, 2.45) is 0 Å². The lowest BCUT2D eigenvalue weighted by atomic mass is 9.87. The van der Waals surface area contributed by atoms with Crippen LogP contribution < -0.4 is 4.90 Å². The summed E-state index contributed by atoms with van der Waals surface area (Å²) in [6, 6.07) is 13.9. The van der Waals surface area contributed by atoms with Gasteiger partial charge in [0.15, 0.2) is 5.54 Å². The molecule has 0 bridgehead atoms. The van der Waals surface area contributed by atoms with Gasteiger partial charge in [0, 0.05) is 17.4 Å². The van der Waals surface area contributed by atoms with Crippen LogP contribution in [0, 0.1) is 0 Å². The number of aromatic nitrogens is 1. The van der Waals surface area contributed by atoms with Crippen molar-refractivity contribution in [2.75, 3.05) is 18.1 Å². The van der Waals surface area contributed by atoms with Gasteiger partial charge in [-0.2, -0.15) is 0 Å². The van der Waals surface area contributed by atoms with Crippen LogP contribution in [-0.2, 0) is 21.5 Å². The first-order valence-electron chi connectivity index (χ1n) is 10.00. The van der Waals surface area contributed by atoms with Crippen molar-refractivity contribution in [1.82, 2.24) is 9.88 Å². The molecule has 3 amide bonds. The number of hydrogen-bond acceptors (Lipinski definition) is 4. The molecule has 2 aromatic carbocycles. The van der Waals surface area contributed by atoms with Gasteiger partial charge in [-0.05, 0) is 56.2 Å². The SMILES string of the molecule is CCOC(=O)c1ccc(N2C(=O)N3CCc4c([nH]c5ccccc45)[C@]3(C)C2=O)cc1. The van der Waals surface area contributed by atoms with Crippen LogP contribution in [0.5, 0.6) is 0 Å². The number of fused-ring (bicyclic) bond motifs is 5. The van der Waals surface area contributed by atoms with Crippen LogP contribution in [0.25, 0.3) is 10.9 Å². The van der Waals surface area contributed by atoms with E-state index in [-0.39, 0.29) is 18.5 Å². The van der Waals surface area contributed by atoms with Crippen LogP contribution in [0.4, 0.5) is 10.5 Å². The maximum Gasteiger partial charge on any atom is 0.338 e. The molecule has 30 heavy (non-hydrogen) atoms. The van der Waals surface area contributed by atoms with Crippen LogP contribution in [-0.4, -0.2) is 40.9 Å². The Labute approximate surface area is 173 Å². The van der Waals surface area contributed by atoms with E-state index in [1.165, 1.54) is 4.90 Å². The molecule has 1 atom stereocenters. The molecule has 3 heterocycles. The number of urea groups is 1. The molecule has 0 saturated carbocycles. The van der Waals surface area contributed by atoms with Gasteiger partial charge in [0.25, 0.3) is 5.91 Å². The summed E-state index contributed by atoms with van der Waals surface area (Å²) < 4.78 is 5.00. The zero-order chi connectivity index (χ0) is 21.0. The summed E-state index contributed by atoms with van der Waals surface area (Å²) in [7, 11) is 0. The third-order valence-corrected chi connectivity index (χ3v) is 6.10. The fourth-order valence-corrected chi connectivity index (χ4v) is 4.58. The predicted molar refractivity (Wildman–Crippen MR) is 111 cm³/mol. The molecule has 7 nitrogen and oxygen atoms in total. The molecule has 3 aromatic rings. The number of rotatable bonds is 3. The van der Waals surface area contributed by atoms with Crippen molar-refractivity contribution in [3.63, 3.8) is 0 Å². The number of para-hydroxylation sites is 1. The number of carbonyl (C=O) groups is 3. The molecule has 2 aliphatic rings. The Morgan fingerprint density at radius 2 is 1.87 bits per heavy atom. The van der Waals surface area contributed by atoms with E-state index in [0.717, 1.165) is 22.2 Å². The normalized spacial score (nSPS) is 20.5. The molecule has 1 saturated heterocycles. The number of nitrogens with zero attached hydrogens (tertiary/aromatic N) is 2. The number of carbonyl (C=O) groups excluding carboxylic acids is 3. The van der Waals surface area contributed by atoms with Gasteiger partial charge < -0.3 is 14.6 Å².